The highest BCUT2D eigenvalue weighted by atomic mass is 16.5. The van der Waals surface area contributed by atoms with Crippen molar-refractivity contribution < 1.29 is 14.3 Å². The molecule has 0 radical (unpaired) electrons. The SMILES string of the molecule is COC(=O)C(NC(=O)C=Cc1ccc(C(C)C)cc1)C(C)C. The van der Waals surface area contributed by atoms with Gasteiger partial charge in [-0.1, -0.05) is 52.0 Å². The minimum atomic E-state index is -0.634. The lowest BCUT2D eigenvalue weighted by atomic mass is 10.0. The largest absolute Gasteiger partial charge is 0.467 e. The van der Waals surface area contributed by atoms with Crippen LogP contribution in [0.2, 0.25) is 0 Å². The van der Waals surface area contributed by atoms with Crippen LogP contribution in [0.15, 0.2) is 30.3 Å². The first-order valence-electron chi connectivity index (χ1n) is 7.51. The minimum Gasteiger partial charge on any atom is -0.467 e. The molecule has 1 aromatic carbocycles. The molecule has 0 bridgehead atoms. The maximum Gasteiger partial charge on any atom is 0.328 e. The number of esters is 1. The third-order valence-electron chi connectivity index (χ3n) is 3.45. The number of ether oxygens (including phenoxy) is 1. The van der Waals surface area contributed by atoms with E-state index in [1.165, 1.54) is 18.7 Å². The van der Waals surface area contributed by atoms with Crippen molar-refractivity contribution >= 4 is 18.0 Å². The van der Waals surface area contributed by atoms with Gasteiger partial charge in [0.05, 0.1) is 7.11 Å². The standard InChI is InChI=1S/C18H25NO3/c1-12(2)15-9-6-14(7-10-15)8-11-16(20)19-17(13(3)4)18(21)22-5/h6-13,17H,1-5H3,(H,19,20). The van der Waals surface area contributed by atoms with E-state index in [0.717, 1.165) is 5.56 Å². The number of nitrogens with one attached hydrogen (secondary N) is 1. The zero-order chi connectivity index (χ0) is 16.7. The van der Waals surface area contributed by atoms with Crippen molar-refractivity contribution in [2.45, 2.75) is 39.7 Å². The van der Waals surface area contributed by atoms with E-state index in [-0.39, 0.29) is 11.8 Å². The molecule has 4 nitrogen and oxygen atoms in total. The molecule has 0 saturated carbocycles. The van der Waals surface area contributed by atoms with Crippen molar-refractivity contribution in [3.8, 4) is 0 Å². The maximum atomic E-state index is 11.9. The molecule has 1 aromatic rings. The van der Waals surface area contributed by atoms with E-state index in [0.29, 0.717) is 5.92 Å². The first-order chi connectivity index (χ1) is 10.3. The van der Waals surface area contributed by atoms with Crippen LogP contribution in [0, 0.1) is 5.92 Å². The lowest BCUT2D eigenvalue weighted by Crippen LogP contribution is -2.44. The summed E-state index contributed by atoms with van der Waals surface area (Å²) in [6, 6.07) is 7.41. The van der Waals surface area contributed by atoms with Gasteiger partial charge in [0.2, 0.25) is 5.91 Å². The number of hydrogen-bond donors (Lipinski definition) is 1. The molecule has 1 atom stereocenters. The molecule has 22 heavy (non-hydrogen) atoms. The van der Waals surface area contributed by atoms with E-state index >= 15 is 0 Å². The van der Waals surface area contributed by atoms with E-state index in [9.17, 15) is 9.59 Å². The first-order valence-corrected chi connectivity index (χ1v) is 7.51. The van der Waals surface area contributed by atoms with E-state index in [4.69, 9.17) is 4.74 Å². The van der Waals surface area contributed by atoms with Gasteiger partial charge in [0.1, 0.15) is 6.04 Å². The van der Waals surface area contributed by atoms with Crippen molar-refractivity contribution in [3.05, 3.63) is 41.5 Å². The molecular formula is C18H25NO3. The van der Waals surface area contributed by atoms with Crippen molar-refractivity contribution in [2.75, 3.05) is 7.11 Å². The van der Waals surface area contributed by atoms with E-state index in [2.05, 4.69) is 19.2 Å². The molecule has 4 heteroatoms. The summed E-state index contributed by atoms with van der Waals surface area (Å²) in [7, 11) is 1.32. The highest BCUT2D eigenvalue weighted by molar-refractivity contribution is 5.94. The summed E-state index contributed by atoms with van der Waals surface area (Å²) in [5, 5.41) is 2.67. The fourth-order valence-electron chi connectivity index (χ4n) is 1.99. The Morgan fingerprint density at radius 3 is 2.14 bits per heavy atom. The highest BCUT2D eigenvalue weighted by Gasteiger charge is 2.23. The summed E-state index contributed by atoms with van der Waals surface area (Å²) in [6.45, 7) is 7.99. The minimum absolute atomic E-state index is 0.0323. The molecule has 1 rings (SSSR count). The van der Waals surface area contributed by atoms with Crippen molar-refractivity contribution in [2.24, 2.45) is 5.92 Å². The fraction of sp³-hybridized carbons (Fsp3) is 0.444. The third-order valence-corrected chi connectivity index (χ3v) is 3.45. The quantitative estimate of drug-likeness (QED) is 0.649. The zero-order valence-corrected chi connectivity index (χ0v) is 13.9. The lowest BCUT2D eigenvalue weighted by molar-refractivity contribution is -0.145. The fourth-order valence-corrected chi connectivity index (χ4v) is 1.99. The van der Waals surface area contributed by atoms with Crippen molar-refractivity contribution in [3.63, 3.8) is 0 Å². The van der Waals surface area contributed by atoms with E-state index < -0.39 is 12.0 Å². The highest BCUT2D eigenvalue weighted by Crippen LogP contribution is 2.15. The average Bonchev–Trinajstić information content (AvgIpc) is 2.49. The third kappa shape index (κ3) is 5.35. The zero-order valence-electron chi connectivity index (χ0n) is 13.9. The molecular weight excluding hydrogens is 278 g/mol. The van der Waals surface area contributed by atoms with Gasteiger partial charge in [-0.05, 0) is 29.0 Å². The van der Waals surface area contributed by atoms with Gasteiger partial charge < -0.3 is 10.1 Å². The number of carbonyl (C=O) groups is 2. The number of hydrogen-bond acceptors (Lipinski definition) is 3. The molecule has 1 unspecified atom stereocenters. The Labute approximate surface area is 132 Å². The molecule has 0 saturated heterocycles. The topological polar surface area (TPSA) is 55.4 Å². The Hall–Kier alpha value is -2.10. The second-order valence-electron chi connectivity index (χ2n) is 5.91. The Balaban J connectivity index is 2.68. The van der Waals surface area contributed by atoms with Gasteiger partial charge in [0, 0.05) is 6.08 Å². The summed E-state index contributed by atoms with van der Waals surface area (Å²) in [5.74, 6) is -0.293. The first kappa shape index (κ1) is 18.0. The second-order valence-corrected chi connectivity index (χ2v) is 5.91. The van der Waals surface area contributed by atoms with Gasteiger partial charge in [-0.15, -0.1) is 0 Å². The Kier molecular flexibility index (Phi) is 6.83. The van der Waals surface area contributed by atoms with Crippen LogP contribution in [0.5, 0.6) is 0 Å². The monoisotopic (exact) mass is 303 g/mol. The summed E-state index contributed by atoms with van der Waals surface area (Å²) in [4.78, 5) is 23.5. The van der Waals surface area contributed by atoms with Gasteiger partial charge in [-0.2, -0.15) is 0 Å². The van der Waals surface area contributed by atoms with Crippen LogP contribution in [0.4, 0.5) is 0 Å². The van der Waals surface area contributed by atoms with Crippen LogP contribution in [0.25, 0.3) is 6.08 Å². The normalized spacial score (nSPS) is 12.7. The molecule has 0 fully saturated rings. The van der Waals surface area contributed by atoms with Crippen LogP contribution < -0.4 is 5.32 Å². The van der Waals surface area contributed by atoms with E-state index in [1.807, 2.05) is 38.1 Å². The van der Waals surface area contributed by atoms with Crippen LogP contribution in [0.1, 0.15) is 44.7 Å². The number of amides is 1. The molecule has 0 spiro atoms. The van der Waals surface area contributed by atoms with Crippen LogP contribution >= 0.6 is 0 Å². The van der Waals surface area contributed by atoms with Gasteiger partial charge >= 0.3 is 5.97 Å². The van der Waals surface area contributed by atoms with Crippen LogP contribution in [-0.2, 0) is 14.3 Å². The van der Waals surface area contributed by atoms with Crippen LogP contribution in [-0.4, -0.2) is 25.0 Å². The number of rotatable bonds is 6. The number of methoxy groups -OCH3 is 1. The maximum absolute atomic E-state index is 11.9. The number of benzene rings is 1. The summed E-state index contributed by atoms with van der Waals surface area (Å²) in [6.07, 6.45) is 3.16. The van der Waals surface area contributed by atoms with Crippen LogP contribution in [0.3, 0.4) is 0 Å². The molecule has 0 aromatic heterocycles. The molecule has 0 aliphatic rings. The van der Waals surface area contributed by atoms with Gasteiger partial charge in [-0.3, -0.25) is 4.79 Å². The van der Waals surface area contributed by atoms with Crippen molar-refractivity contribution in [1.82, 2.24) is 5.32 Å². The Morgan fingerprint density at radius 1 is 1.09 bits per heavy atom. The Morgan fingerprint density at radius 2 is 1.68 bits per heavy atom. The number of carbonyl (C=O) groups excluding carboxylic acids is 2. The molecule has 0 aliphatic carbocycles. The average molecular weight is 303 g/mol. The predicted molar refractivity (Wildman–Crippen MR) is 88.3 cm³/mol. The lowest BCUT2D eigenvalue weighted by Gasteiger charge is -2.18. The van der Waals surface area contributed by atoms with Gasteiger partial charge in [0.15, 0.2) is 0 Å². The Bertz CT molecular complexity index is 530. The smallest absolute Gasteiger partial charge is 0.328 e. The van der Waals surface area contributed by atoms with Gasteiger partial charge in [0.25, 0.3) is 0 Å². The predicted octanol–water partition coefficient (Wildman–Crippen LogP) is 3.14. The van der Waals surface area contributed by atoms with Gasteiger partial charge in [-0.25, -0.2) is 4.79 Å². The summed E-state index contributed by atoms with van der Waals surface area (Å²) >= 11 is 0. The summed E-state index contributed by atoms with van der Waals surface area (Å²) in [5.41, 5.74) is 2.20. The molecule has 0 heterocycles. The molecule has 0 aliphatic heterocycles. The second kappa shape index (κ2) is 8.37. The molecule has 120 valence electrons. The summed E-state index contributed by atoms with van der Waals surface area (Å²) < 4.78 is 4.70. The molecule has 1 N–H and O–H groups in total. The molecule has 1 amide bonds. The van der Waals surface area contributed by atoms with Crippen molar-refractivity contribution in [1.29, 1.82) is 0 Å². The van der Waals surface area contributed by atoms with E-state index in [1.54, 1.807) is 6.08 Å².